The molecule has 1 nitrogen and oxygen atoms in total. The van der Waals surface area contributed by atoms with E-state index < -0.39 is 11.6 Å². The highest BCUT2D eigenvalue weighted by Crippen LogP contribution is 2.25. The highest BCUT2D eigenvalue weighted by Gasteiger charge is 2.16. The molecule has 0 aromatic heterocycles. The Morgan fingerprint density at radius 2 is 1.72 bits per heavy atom. The molecular weight excluding hydrogens is 256 g/mol. The lowest BCUT2D eigenvalue weighted by Gasteiger charge is -2.18. The van der Waals surface area contributed by atoms with Crippen LogP contribution in [0, 0.1) is 11.6 Å². The lowest BCUT2D eigenvalue weighted by Crippen LogP contribution is -2.19. The summed E-state index contributed by atoms with van der Waals surface area (Å²) in [5.41, 5.74) is 1.27. The monoisotopic (exact) mass is 267 g/mol. The van der Waals surface area contributed by atoms with E-state index in [4.69, 9.17) is 11.6 Å². The number of rotatable bonds is 3. The second kappa shape index (κ2) is 5.46. The molecule has 0 saturated heterocycles. The molecule has 0 saturated carbocycles. The molecule has 94 valence electrons. The van der Waals surface area contributed by atoms with Crippen LogP contribution in [0.25, 0.3) is 0 Å². The van der Waals surface area contributed by atoms with Gasteiger partial charge >= 0.3 is 0 Å². The summed E-state index contributed by atoms with van der Waals surface area (Å²) in [4.78, 5) is 0. The van der Waals surface area contributed by atoms with E-state index in [9.17, 15) is 8.78 Å². The van der Waals surface area contributed by atoms with Gasteiger partial charge in [-0.3, -0.25) is 0 Å². The molecular formula is C14H12ClF2N. The second-order valence-electron chi connectivity index (χ2n) is 3.94. The molecule has 0 aliphatic heterocycles. The minimum atomic E-state index is -0.581. The van der Waals surface area contributed by atoms with Gasteiger partial charge in [0.15, 0.2) is 0 Å². The van der Waals surface area contributed by atoms with E-state index in [1.807, 2.05) is 12.1 Å². The van der Waals surface area contributed by atoms with E-state index in [2.05, 4.69) is 5.32 Å². The minimum Gasteiger partial charge on any atom is -0.309 e. The molecule has 2 rings (SSSR count). The highest BCUT2D eigenvalue weighted by molar-refractivity contribution is 6.30. The van der Waals surface area contributed by atoms with Gasteiger partial charge in [-0.05, 0) is 30.8 Å². The topological polar surface area (TPSA) is 12.0 Å². The van der Waals surface area contributed by atoms with Crippen molar-refractivity contribution in [2.45, 2.75) is 6.04 Å². The zero-order chi connectivity index (χ0) is 13.1. The van der Waals surface area contributed by atoms with Crippen LogP contribution in [-0.4, -0.2) is 7.05 Å². The Balaban J connectivity index is 2.41. The maximum Gasteiger partial charge on any atom is 0.131 e. The molecule has 1 N–H and O–H groups in total. The van der Waals surface area contributed by atoms with Gasteiger partial charge in [-0.1, -0.05) is 29.8 Å². The van der Waals surface area contributed by atoms with Crippen molar-refractivity contribution in [3.05, 3.63) is 70.2 Å². The molecule has 0 radical (unpaired) electrons. The van der Waals surface area contributed by atoms with E-state index in [1.54, 1.807) is 19.2 Å². The predicted molar refractivity (Wildman–Crippen MR) is 68.7 cm³/mol. The Kier molecular flexibility index (Phi) is 3.94. The Morgan fingerprint density at radius 3 is 2.28 bits per heavy atom. The van der Waals surface area contributed by atoms with Crippen molar-refractivity contribution >= 4 is 11.6 Å². The largest absolute Gasteiger partial charge is 0.309 e. The summed E-state index contributed by atoms with van der Waals surface area (Å²) in [7, 11) is 1.72. The lowest BCUT2D eigenvalue weighted by molar-refractivity contribution is 0.552. The predicted octanol–water partition coefficient (Wildman–Crippen LogP) is 3.93. The quantitative estimate of drug-likeness (QED) is 0.889. The molecule has 0 aliphatic carbocycles. The Labute approximate surface area is 109 Å². The zero-order valence-electron chi connectivity index (χ0n) is 9.75. The van der Waals surface area contributed by atoms with E-state index in [-0.39, 0.29) is 6.04 Å². The molecule has 0 bridgehead atoms. The van der Waals surface area contributed by atoms with E-state index in [1.165, 1.54) is 12.1 Å². The van der Waals surface area contributed by atoms with Crippen LogP contribution < -0.4 is 5.32 Å². The van der Waals surface area contributed by atoms with Gasteiger partial charge in [0.05, 0.1) is 6.04 Å². The van der Waals surface area contributed by atoms with Crippen LogP contribution in [-0.2, 0) is 0 Å². The van der Waals surface area contributed by atoms with Gasteiger partial charge in [-0.2, -0.15) is 0 Å². The van der Waals surface area contributed by atoms with E-state index in [0.29, 0.717) is 10.6 Å². The molecule has 4 heteroatoms. The van der Waals surface area contributed by atoms with Crippen molar-refractivity contribution in [3.63, 3.8) is 0 Å². The van der Waals surface area contributed by atoms with E-state index in [0.717, 1.165) is 11.6 Å². The summed E-state index contributed by atoms with van der Waals surface area (Å²) >= 11 is 5.81. The van der Waals surface area contributed by atoms with Gasteiger partial charge in [0, 0.05) is 16.7 Å². The van der Waals surface area contributed by atoms with Crippen LogP contribution in [0.15, 0.2) is 42.5 Å². The Morgan fingerprint density at radius 1 is 1.06 bits per heavy atom. The summed E-state index contributed by atoms with van der Waals surface area (Å²) in [5.74, 6) is -1.15. The maximum absolute atomic E-state index is 13.7. The van der Waals surface area contributed by atoms with Crippen molar-refractivity contribution in [3.8, 4) is 0 Å². The first-order valence-corrected chi connectivity index (χ1v) is 5.87. The van der Waals surface area contributed by atoms with Gasteiger partial charge in [-0.15, -0.1) is 0 Å². The molecule has 2 aromatic rings. The average molecular weight is 268 g/mol. The molecule has 0 heterocycles. The Bertz CT molecular complexity index is 540. The summed E-state index contributed by atoms with van der Waals surface area (Å²) in [6, 6.07) is 10.3. The number of hydrogen-bond donors (Lipinski definition) is 1. The summed E-state index contributed by atoms with van der Waals surface area (Å²) in [6.07, 6.45) is 0. The smallest absolute Gasteiger partial charge is 0.131 e. The number of hydrogen-bond acceptors (Lipinski definition) is 1. The van der Waals surface area contributed by atoms with Gasteiger partial charge in [0.1, 0.15) is 11.6 Å². The fourth-order valence-electron chi connectivity index (χ4n) is 1.89. The molecule has 18 heavy (non-hydrogen) atoms. The number of nitrogens with one attached hydrogen (secondary N) is 1. The molecule has 2 aromatic carbocycles. The maximum atomic E-state index is 13.7. The zero-order valence-corrected chi connectivity index (χ0v) is 10.5. The fraction of sp³-hybridized carbons (Fsp3) is 0.143. The molecule has 0 fully saturated rings. The molecule has 0 spiro atoms. The third kappa shape index (κ3) is 2.68. The third-order valence-corrected chi connectivity index (χ3v) is 3.02. The molecule has 1 atom stereocenters. The number of benzene rings is 2. The van der Waals surface area contributed by atoms with E-state index >= 15 is 0 Å². The lowest BCUT2D eigenvalue weighted by atomic mass is 9.98. The van der Waals surface area contributed by atoms with Crippen LogP contribution in [0.1, 0.15) is 17.2 Å². The van der Waals surface area contributed by atoms with Gasteiger partial charge < -0.3 is 5.32 Å². The van der Waals surface area contributed by atoms with Crippen molar-refractivity contribution in [2.75, 3.05) is 7.05 Å². The molecule has 1 unspecified atom stereocenters. The molecule has 0 amide bonds. The van der Waals surface area contributed by atoms with Crippen LogP contribution in [0.2, 0.25) is 5.02 Å². The Hall–Kier alpha value is -1.45. The first kappa shape index (κ1) is 13.0. The average Bonchev–Trinajstić information content (AvgIpc) is 2.35. The van der Waals surface area contributed by atoms with Crippen molar-refractivity contribution in [1.29, 1.82) is 0 Å². The SMILES string of the molecule is CNC(c1ccc(Cl)cc1)c1ccc(F)cc1F. The summed E-state index contributed by atoms with van der Waals surface area (Å²) in [5, 5.41) is 3.63. The van der Waals surface area contributed by atoms with Crippen LogP contribution in [0.3, 0.4) is 0 Å². The van der Waals surface area contributed by atoms with Gasteiger partial charge in [-0.25, -0.2) is 8.78 Å². The van der Waals surface area contributed by atoms with Crippen molar-refractivity contribution < 1.29 is 8.78 Å². The number of halogens is 3. The second-order valence-corrected chi connectivity index (χ2v) is 4.38. The van der Waals surface area contributed by atoms with Crippen LogP contribution in [0.4, 0.5) is 8.78 Å². The van der Waals surface area contributed by atoms with Crippen LogP contribution in [0.5, 0.6) is 0 Å². The first-order valence-electron chi connectivity index (χ1n) is 5.49. The van der Waals surface area contributed by atoms with Crippen LogP contribution >= 0.6 is 11.6 Å². The fourth-order valence-corrected chi connectivity index (χ4v) is 2.02. The van der Waals surface area contributed by atoms with Gasteiger partial charge in [0.2, 0.25) is 0 Å². The van der Waals surface area contributed by atoms with Gasteiger partial charge in [0.25, 0.3) is 0 Å². The minimum absolute atomic E-state index is 0.331. The van der Waals surface area contributed by atoms with Crippen molar-refractivity contribution in [2.24, 2.45) is 0 Å². The molecule has 0 aliphatic rings. The summed E-state index contributed by atoms with van der Waals surface area (Å²) in [6.45, 7) is 0. The standard InChI is InChI=1S/C14H12ClF2N/c1-18-14(9-2-4-10(15)5-3-9)12-7-6-11(16)8-13(12)17/h2-8,14,18H,1H3. The third-order valence-electron chi connectivity index (χ3n) is 2.77. The normalized spacial score (nSPS) is 12.4. The first-order chi connectivity index (χ1) is 8.61. The van der Waals surface area contributed by atoms with Crippen molar-refractivity contribution in [1.82, 2.24) is 5.32 Å². The summed E-state index contributed by atoms with van der Waals surface area (Å²) < 4.78 is 26.6. The highest BCUT2D eigenvalue weighted by atomic mass is 35.5.